The standard InChI is InChI=1S/C17H28N2O2/c1-4-19-8-9-20-17(13-19)12-18-11-15-6-5-7-16(10-15)21-14(2)3/h5-7,10,14,17-18H,4,8-9,11-13H2,1-3H3. The Morgan fingerprint density at radius 1 is 1.43 bits per heavy atom. The second kappa shape index (κ2) is 8.37. The molecule has 118 valence electrons. The first-order valence-corrected chi connectivity index (χ1v) is 7.97. The average molecular weight is 292 g/mol. The van der Waals surface area contributed by atoms with Crippen molar-refractivity contribution in [2.24, 2.45) is 0 Å². The van der Waals surface area contributed by atoms with Crippen LogP contribution in [0.4, 0.5) is 0 Å². The lowest BCUT2D eigenvalue weighted by molar-refractivity contribution is -0.0253. The van der Waals surface area contributed by atoms with E-state index in [0.717, 1.165) is 45.1 Å². The average Bonchev–Trinajstić information content (AvgIpc) is 2.47. The highest BCUT2D eigenvalue weighted by atomic mass is 16.5. The van der Waals surface area contributed by atoms with Crippen LogP contribution in [0.5, 0.6) is 5.75 Å². The smallest absolute Gasteiger partial charge is 0.120 e. The molecule has 4 heteroatoms. The number of hydrogen-bond acceptors (Lipinski definition) is 4. The Bertz CT molecular complexity index is 423. The van der Waals surface area contributed by atoms with E-state index in [0.29, 0.717) is 6.10 Å². The normalized spacial score (nSPS) is 19.9. The highest BCUT2D eigenvalue weighted by Gasteiger charge is 2.18. The summed E-state index contributed by atoms with van der Waals surface area (Å²) in [7, 11) is 0. The highest BCUT2D eigenvalue weighted by molar-refractivity contribution is 5.28. The van der Waals surface area contributed by atoms with Gasteiger partial charge in [-0.3, -0.25) is 4.90 Å². The third-order valence-electron chi connectivity index (χ3n) is 3.64. The minimum Gasteiger partial charge on any atom is -0.491 e. The highest BCUT2D eigenvalue weighted by Crippen LogP contribution is 2.15. The van der Waals surface area contributed by atoms with E-state index in [4.69, 9.17) is 9.47 Å². The van der Waals surface area contributed by atoms with E-state index in [1.54, 1.807) is 0 Å². The molecule has 0 aromatic heterocycles. The van der Waals surface area contributed by atoms with Crippen LogP contribution in [-0.4, -0.2) is 49.9 Å². The monoisotopic (exact) mass is 292 g/mol. The van der Waals surface area contributed by atoms with Crippen LogP contribution >= 0.6 is 0 Å². The van der Waals surface area contributed by atoms with Crippen molar-refractivity contribution in [3.05, 3.63) is 29.8 Å². The molecule has 1 N–H and O–H groups in total. The first-order chi connectivity index (χ1) is 10.2. The molecule has 0 saturated carbocycles. The van der Waals surface area contributed by atoms with Gasteiger partial charge in [0, 0.05) is 26.2 Å². The van der Waals surface area contributed by atoms with Gasteiger partial charge in [-0.15, -0.1) is 0 Å². The molecule has 0 radical (unpaired) electrons. The quantitative estimate of drug-likeness (QED) is 0.836. The second-order valence-electron chi connectivity index (χ2n) is 5.83. The molecule has 1 unspecified atom stereocenters. The van der Waals surface area contributed by atoms with E-state index in [1.807, 2.05) is 26.0 Å². The predicted molar refractivity (Wildman–Crippen MR) is 85.8 cm³/mol. The molecule has 2 rings (SSSR count). The lowest BCUT2D eigenvalue weighted by atomic mass is 10.2. The molecule has 21 heavy (non-hydrogen) atoms. The lowest BCUT2D eigenvalue weighted by Crippen LogP contribution is -2.46. The molecule has 0 amide bonds. The third kappa shape index (κ3) is 5.65. The maximum Gasteiger partial charge on any atom is 0.120 e. The molecule has 1 atom stereocenters. The summed E-state index contributed by atoms with van der Waals surface area (Å²) in [4.78, 5) is 2.44. The van der Waals surface area contributed by atoms with Crippen LogP contribution in [0, 0.1) is 0 Å². The number of nitrogens with zero attached hydrogens (tertiary/aromatic N) is 1. The lowest BCUT2D eigenvalue weighted by Gasteiger charge is -2.32. The molecule has 1 aromatic carbocycles. The maximum atomic E-state index is 5.80. The Kier molecular flexibility index (Phi) is 6.49. The number of likely N-dealkylation sites (N-methyl/N-ethyl adjacent to an activating group) is 1. The van der Waals surface area contributed by atoms with Crippen molar-refractivity contribution in [2.45, 2.75) is 39.5 Å². The number of rotatable bonds is 7. The number of nitrogens with one attached hydrogen (secondary N) is 1. The van der Waals surface area contributed by atoms with Gasteiger partial charge < -0.3 is 14.8 Å². The molecular weight excluding hydrogens is 264 g/mol. The number of benzene rings is 1. The Hall–Kier alpha value is -1.10. The van der Waals surface area contributed by atoms with Crippen LogP contribution < -0.4 is 10.1 Å². The Morgan fingerprint density at radius 2 is 2.29 bits per heavy atom. The van der Waals surface area contributed by atoms with Crippen molar-refractivity contribution in [2.75, 3.05) is 32.8 Å². The minimum absolute atomic E-state index is 0.212. The summed E-state index contributed by atoms with van der Waals surface area (Å²) in [6.07, 6.45) is 0.512. The first-order valence-electron chi connectivity index (χ1n) is 7.97. The van der Waals surface area contributed by atoms with Gasteiger partial charge >= 0.3 is 0 Å². The van der Waals surface area contributed by atoms with Crippen molar-refractivity contribution in [1.82, 2.24) is 10.2 Å². The van der Waals surface area contributed by atoms with Gasteiger partial charge in [0.15, 0.2) is 0 Å². The molecule has 4 nitrogen and oxygen atoms in total. The van der Waals surface area contributed by atoms with E-state index in [2.05, 4.69) is 29.3 Å². The summed E-state index contributed by atoms with van der Waals surface area (Å²) < 4.78 is 11.5. The predicted octanol–water partition coefficient (Wildman–Crippen LogP) is 2.28. The zero-order valence-corrected chi connectivity index (χ0v) is 13.5. The molecule has 0 spiro atoms. The van der Waals surface area contributed by atoms with E-state index in [9.17, 15) is 0 Å². The summed E-state index contributed by atoms with van der Waals surface area (Å²) in [6, 6.07) is 8.28. The van der Waals surface area contributed by atoms with Gasteiger partial charge in [0.2, 0.25) is 0 Å². The summed E-state index contributed by atoms with van der Waals surface area (Å²) in [6.45, 7) is 12.1. The Labute approximate surface area is 128 Å². The van der Waals surface area contributed by atoms with Crippen LogP contribution in [0.3, 0.4) is 0 Å². The fraction of sp³-hybridized carbons (Fsp3) is 0.647. The molecule has 1 aliphatic rings. The number of hydrogen-bond donors (Lipinski definition) is 1. The largest absolute Gasteiger partial charge is 0.491 e. The van der Waals surface area contributed by atoms with Crippen molar-refractivity contribution < 1.29 is 9.47 Å². The van der Waals surface area contributed by atoms with Gasteiger partial charge in [-0.25, -0.2) is 0 Å². The van der Waals surface area contributed by atoms with E-state index >= 15 is 0 Å². The van der Waals surface area contributed by atoms with Crippen molar-refractivity contribution >= 4 is 0 Å². The van der Waals surface area contributed by atoms with Gasteiger partial charge in [0.1, 0.15) is 5.75 Å². The zero-order chi connectivity index (χ0) is 15.1. The maximum absolute atomic E-state index is 5.80. The van der Waals surface area contributed by atoms with E-state index in [1.165, 1.54) is 5.56 Å². The van der Waals surface area contributed by atoms with Gasteiger partial charge in [-0.1, -0.05) is 19.1 Å². The molecule has 1 fully saturated rings. The minimum atomic E-state index is 0.212. The summed E-state index contributed by atoms with van der Waals surface area (Å²) in [5, 5.41) is 3.49. The molecule has 1 heterocycles. The first kappa shape index (κ1) is 16.3. The fourth-order valence-corrected chi connectivity index (χ4v) is 2.57. The topological polar surface area (TPSA) is 33.7 Å². The van der Waals surface area contributed by atoms with Crippen LogP contribution in [0.1, 0.15) is 26.3 Å². The summed E-state index contributed by atoms with van der Waals surface area (Å²) in [5.41, 5.74) is 1.25. The molecule has 0 bridgehead atoms. The van der Waals surface area contributed by atoms with Crippen molar-refractivity contribution in [3.8, 4) is 5.75 Å². The van der Waals surface area contributed by atoms with Crippen LogP contribution in [0.2, 0.25) is 0 Å². The molecule has 1 aromatic rings. The molecule has 1 aliphatic heterocycles. The molecule has 0 aliphatic carbocycles. The fourth-order valence-electron chi connectivity index (χ4n) is 2.57. The third-order valence-corrected chi connectivity index (χ3v) is 3.64. The van der Waals surface area contributed by atoms with Gasteiger partial charge in [0.05, 0.1) is 18.8 Å². The summed E-state index contributed by atoms with van der Waals surface area (Å²) >= 11 is 0. The zero-order valence-electron chi connectivity index (χ0n) is 13.5. The Balaban J connectivity index is 1.75. The van der Waals surface area contributed by atoms with Crippen molar-refractivity contribution in [3.63, 3.8) is 0 Å². The number of morpholine rings is 1. The Morgan fingerprint density at radius 3 is 3.05 bits per heavy atom. The van der Waals surface area contributed by atoms with Crippen LogP contribution in [-0.2, 0) is 11.3 Å². The molecular formula is C17H28N2O2. The van der Waals surface area contributed by atoms with Crippen LogP contribution in [0.15, 0.2) is 24.3 Å². The second-order valence-corrected chi connectivity index (χ2v) is 5.83. The summed E-state index contributed by atoms with van der Waals surface area (Å²) in [5.74, 6) is 0.940. The van der Waals surface area contributed by atoms with Gasteiger partial charge in [0.25, 0.3) is 0 Å². The SMILES string of the molecule is CCN1CCOC(CNCc2cccc(OC(C)C)c2)C1. The van der Waals surface area contributed by atoms with Crippen LogP contribution in [0.25, 0.3) is 0 Å². The van der Waals surface area contributed by atoms with Crippen molar-refractivity contribution in [1.29, 1.82) is 0 Å². The van der Waals surface area contributed by atoms with E-state index < -0.39 is 0 Å². The van der Waals surface area contributed by atoms with Gasteiger partial charge in [-0.2, -0.15) is 0 Å². The number of ether oxygens (including phenoxy) is 2. The van der Waals surface area contributed by atoms with E-state index in [-0.39, 0.29) is 6.10 Å². The van der Waals surface area contributed by atoms with Gasteiger partial charge in [-0.05, 0) is 38.1 Å². The molecule has 1 saturated heterocycles.